The van der Waals surface area contributed by atoms with Gasteiger partial charge in [-0.25, -0.2) is 0 Å². The molecule has 1 fully saturated rings. The van der Waals surface area contributed by atoms with E-state index >= 15 is 0 Å². The van der Waals surface area contributed by atoms with Crippen LogP contribution in [0.2, 0.25) is 0 Å². The van der Waals surface area contributed by atoms with E-state index < -0.39 is 88.8 Å². The molecule has 2 aromatic carbocycles. The van der Waals surface area contributed by atoms with E-state index in [9.17, 15) is 45.3 Å². The molecule has 9 atom stereocenters. The van der Waals surface area contributed by atoms with Crippen molar-refractivity contribution < 1.29 is 58.9 Å². The van der Waals surface area contributed by atoms with Gasteiger partial charge in [-0.1, -0.05) is 45.9 Å². The zero-order chi connectivity index (χ0) is 43.8. The third kappa shape index (κ3) is 8.49. The fourth-order valence-electron chi connectivity index (χ4n) is 8.14. The molecule has 4 aliphatic heterocycles. The van der Waals surface area contributed by atoms with Crippen molar-refractivity contribution in [2.24, 2.45) is 23.7 Å². The minimum Gasteiger partial charge on any atom is -0.507 e. The van der Waals surface area contributed by atoms with E-state index in [1.807, 2.05) is 7.05 Å². The molecule has 0 unspecified atom stereocenters. The average molecular weight is 823 g/mol. The van der Waals surface area contributed by atoms with Crippen LogP contribution in [0.3, 0.4) is 0 Å². The number of ketones is 1. The summed E-state index contributed by atoms with van der Waals surface area (Å²) in [5, 5.41) is 69.9. The van der Waals surface area contributed by atoms with E-state index in [-0.39, 0.29) is 50.3 Å². The number of phenolic OH excluding ortho intramolecular Hbond substituents is 3. The summed E-state index contributed by atoms with van der Waals surface area (Å²) in [4.78, 5) is 44.4. The number of phenols is 3. The summed E-state index contributed by atoms with van der Waals surface area (Å²) >= 11 is 0. The van der Waals surface area contributed by atoms with Crippen molar-refractivity contribution in [3.63, 3.8) is 0 Å². The molecule has 7 N–H and O–H groups in total. The predicted molar refractivity (Wildman–Crippen MR) is 220 cm³/mol. The first-order valence-electron chi connectivity index (χ1n) is 19.8. The van der Waals surface area contributed by atoms with Crippen LogP contribution in [-0.4, -0.2) is 129 Å². The van der Waals surface area contributed by atoms with Crippen LogP contribution in [0.25, 0.3) is 10.8 Å². The second kappa shape index (κ2) is 17.6. The zero-order valence-electron chi connectivity index (χ0n) is 35.3. The highest BCUT2D eigenvalue weighted by Gasteiger charge is 2.50. The Morgan fingerprint density at radius 3 is 2.19 bits per heavy atom. The number of aliphatic hydroxyl groups is 2. The van der Waals surface area contributed by atoms with Crippen LogP contribution in [0.15, 0.2) is 36.1 Å². The summed E-state index contributed by atoms with van der Waals surface area (Å²) in [6, 6.07) is 0. The number of methoxy groups -OCH3 is 1. The third-order valence-corrected chi connectivity index (χ3v) is 12.1. The number of ether oxygens (including phenoxy) is 4. The number of likely N-dealkylation sites (N-methyl/N-ethyl adjacent to an activating group) is 1. The SMILES string of the molecule is CO[C@H]1/C=C/O[C@@]2(C)Oc3c(C)c(O)c4c(O)c(c(C(=N)N5CCN(C)CC5)c(O)c4c3C2=O)NC(=O)/C(C)=C\C=C\[C@H](C)[C@H](O)[C@@H](C)[C@@H](O)[C@@H](C)[C@H](OC(C)=O)[C@@H]1C. The highest BCUT2D eigenvalue weighted by atomic mass is 16.7. The maximum Gasteiger partial charge on any atom is 0.312 e. The number of aliphatic hydroxyl groups excluding tert-OH is 2. The number of anilines is 1. The van der Waals surface area contributed by atoms with Gasteiger partial charge in [-0.15, -0.1) is 0 Å². The van der Waals surface area contributed by atoms with Crippen molar-refractivity contribution in [2.45, 2.75) is 85.6 Å². The monoisotopic (exact) mass is 822 g/mol. The van der Waals surface area contributed by atoms with Gasteiger partial charge in [-0.2, -0.15) is 0 Å². The summed E-state index contributed by atoms with van der Waals surface area (Å²) in [6.07, 6.45) is 3.45. The number of rotatable bonds is 3. The summed E-state index contributed by atoms with van der Waals surface area (Å²) in [5.74, 6) is -8.96. The van der Waals surface area contributed by atoms with Gasteiger partial charge < -0.3 is 59.6 Å². The Bertz CT molecular complexity index is 2090. The lowest BCUT2D eigenvalue weighted by atomic mass is 9.78. The molecular weight excluding hydrogens is 764 g/mol. The fourth-order valence-corrected chi connectivity index (χ4v) is 8.14. The average Bonchev–Trinajstić information content (AvgIpc) is 3.46. The molecule has 6 rings (SSSR count). The van der Waals surface area contributed by atoms with Crippen LogP contribution < -0.4 is 10.1 Å². The Labute approximate surface area is 344 Å². The molecule has 0 aliphatic carbocycles. The molecule has 59 heavy (non-hydrogen) atoms. The lowest BCUT2D eigenvalue weighted by Gasteiger charge is -2.38. The number of benzene rings is 2. The predicted octanol–water partition coefficient (Wildman–Crippen LogP) is 4.33. The van der Waals surface area contributed by atoms with E-state index in [1.165, 1.54) is 53.2 Å². The largest absolute Gasteiger partial charge is 0.507 e. The maximum atomic E-state index is 14.5. The van der Waals surface area contributed by atoms with E-state index in [0.717, 1.165) is 0 Å². The van der Waals surface area contributed by atoms with E-state index in [2.05, 4.69) is 10.2 Å². The van der Waals surface area contributed by atoms with Crippen molar-refractivity contribution in [2.75, 3.05) is 45.7 Å². The second-order valence-electron chi connectivity index (χ2n) is 16.2. The first kappa shape index (κ1) is 44.9. The van der Waals surface area contributed by atoms with Gasteiger partial charge in [0.15, 0.2) is 5.75 Å². The van der Waals surface area contributed by atoms with Crippen LogP contribution in [0, 0.1) is 36.0 Å². The van der Waals surface area contributed by atoms with Gasteiger partial charge in [0.05, 0.1) is 46.8 Å². The summed E-state index contributed by atoms with van der Waals surface area (Å²) in [6.45, 7) is 14.4. The topological polar surface area (TPSA) is 232 Å². The highest BCUT2D eigenvalue weighted by Crippen LogP contribution is 2.55. The van der Waals surface area contributed by atoms with Gasteiger partial charge in [0.25, 0.3) is 11.7 Å². The highest BCUT2D eigenvalue weighted by molar-refractivity contribution is 6.25. The van der Waals surface area contributed by atoms with Gasteiger partial charge in [0.2, 0.25) is 0 Å². The number of piperazine rings is 1. The molecule has 16 nitrogen and oxygen atoms in total. The van der Waals surface area contributed by atoms with E-state index in [1.54, 1.807) is 44.7 Å². The number of carbonyl (C=O) groups is 3. The number of nitrogens with one attached hydrogen (secondary N) is 2. The van der Waals surface area contributed by atoms with Gasteiger partial charge in [-0.05, 0) is 27.0 Å². The molecule has 0 spiro atoms. The van der Waals surface area contributed by atoms with E-state index in [4.69, 9.17) is 18.9 Å². The Morgan fingerprint density at radius 1 is 0.932 bits per heavy atom. The van der Waals surface area contributed by atoms with Crippen LogP contribution in [0.1, 0.15) is 70.0 Å². The first-order chi connectivity index (χ1) is 27.7. The number of amides is 1. The summed E-state index contributed by atoms with van der Waals surface area (Å²) in [5.41, 5.74) is -0.690. The standard InChI is InChI=1S/C43H58N4O12/c1-20-12-11-13-21(2)42(55)45-32-31(41(44)47-17-15-46(9)16-18-47)36(52)28-29(37(32)53)35(51)25(6)39-30(28)40(54)43(8,59-39)57-19-14-27(56-10)22(3)38(58-26(7)48)24(5)34(50)23(4)33(20)49/h11-14,19-20,22-24,27,33-34,38,44,49-53H,15-18H2,1-10H3,(H,45,55)/b12-11+,19-14+,21-13-,44-41?/t20-,22+,23+,24+,27-,33-,34+,38+,43-/m0/s1. The molecule has 4 aliphatic rings. The smallest absolute Gasteiger partial charge is 0.312 e. The Kier molecular flexibility index (Phi) is 13.4. The number of amidine groups is 1. The van der Waals surface area contributed by atoms with Crippen LogP contribution in [0.4, 0.5) is 5.69 Å². The summed E-state index contributed by atoms with van der Waals surface area (Å²) in [7, 11) is 3.36. The number of allylic oxidation sites excluding steroid dienone is 2. The number of nitrogens with zero attached hydrogens (tertiary/aromatic N) is 2. The van der Waals surface area contributed by atoms with Crippen molar-refractivity contribution >= 4 is 40.0 Å². The third-order valence-electron chi connectivity index (χ3n) is 12.1. The molecule has 322 valence electrons. The quantitative estimate of drug-likeness (QED) is 0.0752. The molecule has 4 heterocycles. The number of aromatic hydroxyl groups is 3. The number of hydrogen-bond acceptors (Lipinski definition) is 14. The normalized spacial score (nSPS) is 31.9. The minimum absolute atomic E-state index is 0.0310. The second-order valence-corrected chi connectivity index (χ2v) is 16.2. The van der Waals surface area contributed by atoms with Gasteiger partial charge in [0.1, 0.15) is 29.2 Å². The van der Waals surface area contributed by atoms with Crippen LogP contribution >= 0.6 is 0 Å². The molecule has 2 aromatic rings. The molecule has 0 radical (unpaired) electrons. The van der Waals surface area contributed by atoms with Gasteiger partial charge in [-0.3, -0.25) is 19.8 Å². The first-order valence-corrected chi connectivity index (χ1v) is 19.8. The molecule has 0 saturated carbocycles. The van der Waals surface area contributed by atoms with Crippen molar-refractivity contribution in [1.82, 2.24) is 9.80 Å². The molecule has 5 bridgehead atoms. The van der Waals surface area contributed by atoms with Crippen molar-refractivity contribution in [1.29, 1.82) is 5.41 Å². The molecule has 1 saturated heterocycles. The van der Waals surface area contributed by atoms with Crippen molar-refractivity contribution in [3.05, 3.63) is 52.8 Å². The zero-order valence-corrected chi connectivity index (χ0v) is 35.3. The minimum atomic E-state index is -2.07. The summed E-state index contributed by atoms with van der Waals surface area (Å²) < 4.78 is 23.6. The van der Waals surface area contributed by atoms with E-state index in [0.29, 0.717) is 26.2 Å². The lowest BCUT2D eigenvalue weighted by Crippen LogP contribution is -2.47. The number of fused-ring (bicyclic) bond motifs is 14. The van der Waals surface area contributed by atoms with Crippen molar-refractivity contribution in [3.8, 4) is 23.0 Å². The number of carbonyl (C=O) groups excluding carboxylic acids is 3. The van der Waals surface area contributed by atoms with Gasteiger partial charge >= 0.3 is 11.8 Å². The molecule has 16 heteroatoms. The maximum absolute atomic E-state index is 14.5. The number of esters is 1. The molecular formula is C43H58N4O12. The fraction of sp³-hybridized carbons (Fsp3) is 0.535. The molecule has 1 amide bonds. The number of Topliss-reactive ketones (excluding diaryl/α,β-unsaturated/α-hetero) is 1. The number of hydrogen-bond donors (Lipinski definition) is 7. The Morgan fingerprint density at radius 2 is 1.58 bits per heavy atom. The van der Waals surface area contributed by atoms with Crippen LogP contribution in [0.5, 0.6) is 23.0 Å². The Hall–Kier alpha value is -5.16. The molecule has 0 aromatic heterocycles. The van der Waals surface area contributed by atoms with Crippen LogP contribution in [-0.2, 0) is 23.8 Å². The lowest BCUT2D eigenvalue weighted by molar-refractivity contribution is -0.160. The van der Waals surface area contributed by atoms with Gasteiger partial charge in [0, 0.05) is 87.3 Å². The Balaban J connectivity index is 1.73.